The summed E-state index contributed by atoms with van der Waals surface area (Å²) in [4.78, 5) is 39.6. The van der Waals surface area contributed by atoms with Crippen LogP contribution >= 0.6 is 11.3 Å². The van der Waals surface area contributed by atoms with Crippen LogP contribution in [0.15, 0.2) is 52.5 Å². The molecule has 0 radical (unpaired) electrons. The quantitative estimate of drug-likeness (QED) is 0.543. The average molecular weight is 415 g/mol. The Balaban J connectivity index is 1.52. The van der Waals surface area contributed by atoms with Gasteiger partial charge in [-0.15, -0.1) is 11.3 Å². The number of benzene rings is 1. The first-order valence-corrected chi connectivity index (χ1v) is 9.30. The number of nitrogens with one attached hydrogen (secondary N) is 2. The minimum absolute atomic E-state index is 0.0281. The van der Waals surface area contributed by atoms with E-state index in [0.29, 0.717) is 22.3 Å². The monoisotopic (exact) mass is 415 g/mol. The van der Waals surface area contributed by atoms with Crippen LogP contribution < -0.4 is 15.4 Å². The number of ether oxygens (including phenoxy) is 2. The zero-order valence-corrected chi connectivity index (χ0v) is 16.2. The van der Waals surface area contributed by atoms with E-state index in [1.165, 1.54) is 24.7 Å². The van der Waals surface area contributed by atoms with E-state index in [4.69, 9.17) is 9.15 Å². The van der Waals surface area contributed by atoms with Crippen molar-refractivity contribution in [3.8, 4) is 5.75 Å². The molecule has 29 heavy (non-hydrogen) atoms. The average Bonchev–Trinajstić information content (AvgIpc) is 3.38. The third-order valence-corrected chi connectivity index (χ3v) is 4.37. The van der Waals surface area contributed by atoms with Gasteiger partial charge >= 0.3 is 5.97 Å². The molecule has 2 heterocycles. The van der Waals surface area contributed by atoms with Crippen LogP contribution in [0.4, 0.5) is 10.8 Å². The fraction of sp³-hybridized carbons (Fsp3) is 0.158. The Labute approximate surface area is 169 Å². The van der Waals surface area contributed by atoms with Crippen LogP contribution in [-0.4, -0.2) is 36.5 Å². The Morgan fingerprint density at radius 3 is 2.79 bits per heavy atom. The number of furan rings is 1. The minimum atomic E-state index is -0.502. The van der Waals surface area contributed by atoms with Gasteiger partial charge in [-0.25, -0.2) is 9.78 Å². The second-order valence-corrected chi connectivity index (χ2v) is 6.55. The summed E-state index contributed by atoms with van der Waals surface area (Å²) in [6.07, 6.45) is 1.43. The molecular formula is C19H17N3O6S. The molecule has 2 amide bonds. The number of methoxy groups -OCH3 is 1. The molecule has 2 aromatic heterocycles. The molecule has 0 saturated heterocycles. The lowest BCUT2D eigenvalue weighted by Gasteiger charge is -2.08. The summed E-state index contributed by atoms with van der Waals surface area (Å²) in [6, 6.07) is 9.79. The van der Waals surface area contributed by atoms with Gasteiger partial charge in [0.2, 0.25) is 5.91 Å². The Morgan fingerprint density at radius 2 is 2.03 bits per heavy atom. The number of thiazole rings is 1. The molecule has 0 spiro atoms. The van der Waals surface area contributed by atoms with Gasteiger partial charge in [-0.3, -0.25) is 14.9 Å². The standard InChI is InChI=1S/C19H17N3O6S/c1-26-17(24)10-28-14-5-2-4-12(8-14)20-16(23)9-13-11-29-19(21-13)22-18(25)15-6-3-7-27-15/h2-8,11H,9-10H2,1H3,(H,20,23)(H,21,22,25). The SMILES string of the molecule is COC(=O)COc1cccc(NC(=O)Cc2csc(NC(=O)c3ccco3)n2)c1. The summed E-state index contributed by atoms with van der Waals surface area (Å²) in [7, 11) is 1.27. The number of carbonyl (C=O) groups excluding carboxylic acids is 3. The Hall–Kier alpha value is -3.66. The molecule has 0 aliphatic rings. The first kappa shape index (κ1) is 20.1. The highest BCUT2D eigenvalue weighted by atomic mass is 32.1. The van der Waals surface area contributed by atoms with Crippen molar-refractivity contribution >= 4 is 39.9 Å². The van der Waals surface area contributed by atoms with Gasteiger partial charge in [0, 0.05) is 17.1 Å². The number of hydrogen-bond acceptors (Lipinski definition) is 8. The maximum Gasteiger partial charge on any atom is 0.343 e. The van der Waals surface area contributed by atoms with E-state index in [0.717, 1.165) is 0 Å². The molecule has 10 heteroatoms. The zero-order valence-electron chi connectivity index (χ0n) is 15.3. The predicted octanol–water partition coefficient (Wildman–Crippen LogP) is 2.72. The van der Waals surface area contributed by atoms with Gasteiger partial charge in [0.1, 0.15) is 5.75 Å². The first-order chi connectivity index (χ1) is 14.0. The molecule has 0 aliphatic carbocycles. The van der Waals surface area contributed by atoms with Gasteiger partial charge in [0.25, 0.3) is 5.91 Å². The third kappa shape index (κ3) is 5.91. The van der Waals surface area contributed by atoms with Crippen molar-refractivity contribution in [3.05, 3.63) is 59.5 Å². The fourth-order valence-corrected chi connectivity index (χ4v) is 2.95. The molecular weight excluding hydrogens is 398 g/mol. The summed E-state index contributed by atoms with van der Waals surface area (Å²) < 4.78 is 14.8. The summed E-state index contributed by atoms with van der Waals surface area (Å²) in [5.74, 6) is -0.607. The summed E-state index contributed by atoms with van der Waals surface area (Å²) in [6.45, 7) is -0.223. The molecule has 0 atom stereocenters. The van der Waals surface area contributed by atoms with Crippen molar-refractivity contribution in [3.63, 3.8) is 0 Å². The van der Waals surface area contributed by atoms with Crippen molar-refractivity contribution in [1.29, 1.82) is 0 Å². The Kier molecular flexibility index (Phi) is 6.59. The van der Waals surface area contributed by atoms with Crippen LogP contribution in [0.3, 0.4) is 0 Å². The maximum atomic E-state index is 12.3. The number of hydrogen-bond donors (Lipinski definition) is 2. The van der Waals surface area contributed by atoms with Gasteiger partial charge in [0.05, 0.1) is 25.5 Å². The largest absolute Gasteiger partial charge is 0.482 e. The van der Waals surface area contributed by atoms with Crippen LogP contribution in [0, 0.1) is 0 Å². The van der Waals surface area contributed by atoms with Crippen LogP contribution in [0.2, 0.25) is 0 Å². The topological polar surface area (TPSA) is 120 Å². The van der Waals surface area contributed by atoms with Crippen molar-refractivity contribution in [2.75, 3.05) is 24.4 Å². The molecule has 2 N–H and O–H groups in total. The van der Waals surface area contributed by atoms with Crippen LogP contribution in [0.25, 0.3) is 0 Å². The molecule has 3 rings (SSSR count). The van der Waals surface area contributed by atoms with Gasteiger partial charge < -0.3 is 19.2 Å². The van der Waals surface area contributed by atoms with Crippen LogP contribution in [0.1, 0.15) is 16.2 Å². The van der Waals surface area contributed by atoms with E-state index in [1.807, 2.05) is 0 Å². The highest BCUT2D eigenvalue weighted by molar-refractivity contribution is 7.14. The van der Waals surface area contributed by atoms with Crippen LogP contribution in [0.5, 0.6) is 5.75 Å². The molecule has 3 aromatic rings. The number of rotatable bonds is 8. The van der Waals surface area contributed by atoms with E-state index in [9.17, 15) is 14.4 Å². The number of nitrogens with zero attached hydrogens (tertiary/aromatic N) is 1. The molecule has 0 saturated carbocycles. The van der Waals surface area contributed by atoms with E-state index in [1.54, 1.807) is 41.8 Å². The van der Waals surface area contributed by atoms with Gasteiger partial charge in [-0.2, -0.15) is 0 Å². The highest BCUT2D eigenvalue weighted by Gasteiger charge is 2.13. The summed E-state index contributed by atoms with van der Waals surface area (Å²) in [5, 5.41) is 7.40. The van der Waals surface area contributed by atoms with Crippen molar-refractivity contribution in [2.45, 2.75) is 6.42 Å². The molecule has 0 fully saturated rings. The normalized spacial score (nSPS) is 10.2. The Bertz CT molecular complexity index is 999. The van der Waals surface area contributed by atoms with E-state index in [-0.39, 0.29) is 24.7 Å². The van der Waals surface area contributed by atoms with Crippen molar-refractivity contribution in [2.24, 2.45) is 0 Å². The number of carbonyl (C=O) groups is 3. The maximum absolute atomic E-state index is 12.3. The minimum Gasteiger partial charge on any atom is -0.482 e. The lowest BCUT2D eigenvalue weighted by molar-refractivity contribution is -0.142. The van der Waals surface area contributed by atoms with Crippen LogP contribution in [-0.2, 0) is 20.7 Å². The molecule has 150 valence electrons. The molecule has 0 bridgehead atoms. The number of anilines is 2. The highest BCUT2D eigenvalue weighted by Crippen LogP contribution is 2.19. The number of aromatic nitrogens is 1. The smallest absolute Gasteiger partial charge is 0.343 e. The van der Waals surface area contributed by atoms with E-state index < -0.39 is 11.9 Å². The van der Waals surface area contributed by atoms with Gasteiger partial charge in [0.15, 0.2) is 17.5 Å². The van der Waals surface area contributed by atoms with Crippen molar-refractivity contribution < 1.29 is 28.3 Å². The summed E-state index contributed by atoms with van der Waals surface area (Å²) >= 11 is 1.21. The van der Waals surface area contributed by atoms with Gasteiger partial charge in [-0.05, 0) is 24.3 Å². The molecule has 9 nitrogen and oxygen atoms in total. The number of amides is 2. The molecule has 0 unspecified atom stereocenters. The molecule has 1 aromatic carbocycles. The van der Waals surface area contributed by atoms with E-state index >= 15 is 0 Å². The lowest BCUT2D eigenvalue weighted by Crippen LogP contribution is -2.15. The first-order valence-electron chi connectivity index (χ1n) is 8.42. The summed E-state index contributed by atoms with van der Waals surface area (Å²) in [5.41, 5.74) is 1.03. The Morgan fingerprint density at radius 1 is 1.17 bits per heavy atom. The fourth-order valence-electron chi connectivity index (χ4n) is 2.25. The predicted molar refractivity (Wildman–Crippen MR) is 105 cm³/mol. The van der Waals surface area contributed by atoms with E-state index in [2.05, 4.69) is 20.4 Å². The molecule has 0 aliphatic heterocycles. The zero-order chi connectivity index (χ0) is 20.6. The van der Waals surface area contributed by atoms with Crippen molar-refractivity contribution in [1.82, 2.24) is 4.98 Å². The second kappa shape index (κ2) is 9.51. The lowest BCUT2D eigenvalue weighted by atomic mass is 10.2. The second-order valence-electron chi connectivity index (χ2n) is 5.69. The third-order valence-electron chi connectivity index (χ3n) is 3.56. The van der Waals surface area contributed by atoms with Gasteiger partial charge in [-0.1, -0.05) is 6.07 Å². The number of esters is 1.